The summed E-state index contributed by atoms with van der Waals surface area (Å²) in [5.74, 6) is 0. The van der Waals surface area contributed by atoms with Crippen LogP contribution in [0.1, 0.15) is 79.9 Å². The molecule has 0 saturated heterocycles. The van der Waals surface area contributed by atoms with Gasteiger partial charge in [0, 0.05) is 29.6 Å². The van der Waals surface area contributed by atoms with Crippen molar-refractivity contribution in [3.63, 3.8) is 0 Å². The van der Waals surface area contributed by atoms with Crippen LogP contribution in [0.2, 0.25) is 0 Å². The van der Waals surface area contributed by atoms with Gasteiger partial charge in [0.25, 0.3) is 0 Å². The van der Waals surface area contributed by atoms with Crippen molar-refractivity contribution in [2.24, 2.45) is 10.8 Å². The van der Waals surface area contributed by atoms with Gasteiger partial charge >= 0.3 is 0 Å². The van der Waals surface area contributed by atoms with E-state index in [1.807, 2.05) is 0 Å². The van der Waals surface area contributed by atoms with E-state index in [2.05, 4.69) is 122 Å². The second kappa shape index (κ2) is 8.58. The highest BCUT2D eigenvalue weighted by Crippen LogP contribution is 2.55. The van der Waals surface area contributed by atoms with E-state index in [0.29, 0.717) is 0 Å². The van der Waals surface area contributed by atoms with Crippen LogP contribution in [-0.2, 0) is 5.41 Å². The zero-order valence-corrected chi connectivity index (χ0v) is 21.9. The van der Waals surface area contributed by atoms with Gasteiger partial charge < -0.3 is 4.90 Å². The maximum Gasteiger partial charge on any atom is 0.0362 e. The molecule has 2 aliphatic rings. The van der Waals surface area contributed by atoms with E-state index in [1.54, 1.807) is 5.57 Å². The van der Waals surface area contributed by atoms with E-state index in [0.717, 1.165) is 25.2 Å². The molecule has 0 fully saturated rings. The second-order valence-corrected chi connectivity index (χ2v) is 11.6. The summed E-state index contributed by atoms with van der Waals surface area (Å²) in [7, 11) is 0. The van der Waals surface area contributed by atoms with Crippen LogP contribution in [0.25, 0.3) is 5.57 Å². The molecule has 1 nitrogen and oxygen atoms in total. The van der Waals surface area contributed by atoms with Crippen LogP contribution in [0.3, 0.4) is 0 Å². The lowest BCUT2D eigenvalue weighted by Gasteiger charge is -2.51. The molecule has 0 radical (unpaired) electrons. The number of hydrogen-bond donors (Lipinski definition) is 0. The molecule has 0 spiro atoms. The van der Waals surface area contributed by atoms with Gasteiger partial charge in [-0.1, -0.05) is 102 Å². The lowest BCUT2D eigenvalue weighted by molar-refractivity contribution is 0.201. The van der Waals surface area contributed by atoms with Crippen molar-refractivity contribution >= 4 is 5.57 Å². The largest absolute Gasteiger partial charge is 0.367 e. The normalized spacial score (nSPS) is 24.0. The first-order valence-electron chi connectivity index (χ1n) is 12.1. The molecule has 0 bridgehead atoms. The van der Waals surface area contributed by atoms with Gasteiger partial charge in [-0.3, -0.25) is 0 Å². The van der Waals surface area contributed by atoms with Crippen LogP contribution in [-0.4, -0.2) is 18.0 Å². The molecular formula is C31H43N. The average Bonchev–Trinajstić information content (AvgIpc) is 2.71. The molecule has 1 aromatic rings. The molecule has 1 atom stereocenters. The van der Waals surface area contributed by atoms with E-state index >= 15 is 0 Å². The molecule has 0 aromatic heterocycles. The van der Waals surface area contributed by atoms with Crippen molar-refractivity contribution in [2.45, 2.75) is 74.1 Å². The van der Waals surface area contributed by atoms with Gasteiger partial charge in [-0.15, -0.1) is 0 Å². The van der Waals surface area contributed by atoms with Crippen molar-refractivity contribution in [1.82, 2.24) is 4.90 Å². The maximum absolute atomic E-state index is 4.47. The highest BCUT2D eigenvalue weighted by atomic mass is 15.1. The molecule has 1 aromatic carbocycles. The fraction of sp³-hybridized carbons (Fsp3) is 0.484. The topological polar surface area (TPSA) is 3.24 Å². The van der Waals surface area contributed by atoms with Crippen molar-refractivity contribution in [2.75, 3.05) is 13.1 Å². The average molecular weight is 430 g/mol. The number of nitrogens with zero attached hydrogens (tertiary/aromatic N) is 1. The number of fused-ring (bicyclic) bond motifs is 1. The van der Waals surface area contributed by atoms with Crippen LogP contribution in [0.15, 0.2) is 77.6 Å². The Morgan fingerprint density at radius 3 is 2.22 bits per heavy atom. The van der Waals surface area contributed by atoms with Gasteiger partial charge in [-0.05, 0) is 60.5 Å². The smallest absolute Gasteiger partial charge is 0.0362 e. The maximum atomic E-state index is 4.47. The molecule has 0 saturated carbocycles. The Kier molecular flexibility index (Phi) is 6.53. The van der Waals surface area contributed by atoms with Gasteiger partial charge in [0.05, 0.1) is 0 Å². The van der Waals surface area contributed by atoms with Crippen LogP contribution in [0, 0.1) is 10.8 Å². The Morgan fingerprint density at radius 1 is 1.03 bits per heavy atom. The monoisotopic (exact) mass is 429 g/mol. The number of allylic oxidation sites excluding steroid dienone is 6. The summed E-state index contributed by atoms with van der Waals surface area (Å²) in [4.78, 5) is 2.47. The lowest BCUT2D eigenvalue weighted by atomic mass is 9.58. The third kappa shape index (κ3) is 4.45. The third-order valence-electron chi connectivity index (χ3n) is 7.69. The van der Waals surface area contributed by atoms with Crippen molar-refractivity contribution < 1.29 is 0 Å². The molecule has 1 aliphatic heterocycles. The fourth-order valence-corrected chi connectivity index (χ4v) is 5.60. The van der Waals surface area contributed by atoms with Gasteiger partial charge in [0.2, 0.25) is 0 Å². The predicted molar refractivity (Wildman–Crippen MR) is 142 cm³/mol. The lowest BCUT2D eigenvalue weighted by Crippen LogP contribution is -2.46. The first-order valence-corrected chi connectivity index (χ1v) is 12.1. The van der Waals surface area contributed by atoms with Gasteiger partial charge in [0.1, 0.15) is 0 Å². The number of rotatable bonds is 4. The highest BCUT2D eigenvalue weighted by molar-refractivity contribution is 5.75. The summed E-state index contributed by atoms with van der Waals surface area (Å²) < 4.78 is 0. The fourth-order valence-electron chi connectivity index (χ4n) is 5.60. The summed E-state index contributed by atoms with van der Waals surface area (Å²) >= 11 is 0. The number of hydrogen-bond acceptors (Lipinski definition) is 1. The highest BCUT2D eigenvalue weighted by Gasteiger charge is 2.45. The molecule has 3 rings (SSSR count). The Bertz CT molecular complexity index is 1000. The van der Waals surface area contributed by atoms with Crippen LogP contribution >= 0.6 is 0 Å². The quantitative estimate of drug-likeness (QED) is 0.343. The summed E-state index contributed by atoms with van der Waals surface area (Å²) in [6, 6.07) is 9.27. The van der Waals surface area contributed by atoms with E-state index in [4.69, 9.17) is 0 Å². The minimum atomic E-state index is 0.0232. The number of benzene rings is 1. The van der Waals surface area contributed by atoms with E-state index in [-0.39, 0.29) is 16.2 Å². The zero-order chi connectivity index (χ0) is 23.9. The molecular weight excluding hydrogens is 386 g/mol. The Hall–Kier alpha value is -2.28. The molecule has 1 heterocycles. The van der Waals surface area contributed by atoms with Crippen molar-refractivity contribution in [1.29, 1.82) is 0 Å². The van der Waals surface area contributed by atoms with E-state index < -0.39 is 0 Å². The first-order chi connectivity index (χ1) is 14.8. The van der Waals surface area contributed by atoms with Crippen molar-refractivity contribution in [3.05, 3.63) is 88.7 Å². The molecule has 1 heteroatoms. The first kappa shape index (κ1) is 24.4. The van der Waals surface area contributed by atoms with Crippen LogP contribution < -0.4 is 0 Å². The van der Waals surface area contributed by atoms with E-state index in [9.17, 15) is 0 Å². The summed E-state index contributed by atoms with van der Waals surface area (Å²) in [5.41, 5.74) is 9.87. The minimum absolute atomic E-state index is 0.0232. The predicted octanol–water partition coefficient (Wildman–Crippen LogP) is 8.47. The molecule has 32 heavy (non-hydrogen) atoms. The molecule has 1 aliphatic carbocycles. The van der Waals surface area contributed by atoms with Gasteiger partial charge in [-0.25, -0.2) is 0 Å². The van der Waals surface area contributed by atoms with Gasteiger partial charge in [0.15, 0.2) is 0 Å². The summed E-state index contributed by atoms with van der Waals surface area (Å²) in [5, 5.41) is 0. The second-order valence-electron chi connectivity index (χ2n) is 11.6. The van der Waals surface area contributed by atoms with Crippen LogP contribution in [0.5, 0.6) is 0 Å². The molecule has 0 N–H and O–H groups in total. The molecule has 172 valence electrons. The molecule has 1 unspecified atom stereocenters. The summed E-state index contributed by atoms with van der Waals surface area (Å²) in [6.45, 7) is 27.0. The standard InChI is InChI=1S/C31H43N/c1-11-12-22(2)23(3)24(4)32-20-18-28-30(8,9)27(17-19-31(28,10)21-32)25-13-15-26(16-14-25)29(5,6)7/h11-18H,4,19-21H2,1-3,5-10H3/b12-11-,23-22+. The molecule has 0 amide bonds. The minimum Gasteiger partial charge on any atom is -0.367 e. The van der Waals surface area contributed by atoms with Crippen molar-refractivity contribution in [3.8, 4) is 0 Å². The Labute approximate surface area is 197 Å². The SMILES string of the molecule is C=C(/C(C)=C(C)/C=C\C)N1CC=C2C(C)(CC=C(c3ccc(C(C)(C)C)cc3)C2(C)C)C1. The van der Waals surface area contributed by atoms with Crippen LogP contribution in [0.4, 0.5) is 0 Å². The van der Waals surface area contributed by atoms with Gasteiger partial charge in [-0.2, -0.15) is 0 Å². The summed E-state index contributed by atoms with van der Waals surface area (Å²) in [6.07, 6.45) is 10.3. The zero-order valence-electron chi connectivity index (χ0n) is 21.9. The van der Waals surface area contributed by atoms with E-state index in [1.165, 1.54) is 27.8 Å². The Morgan fingerprint density at radius 2 is 1.66 bits per heavy atom. The Balaban J connectivity index is 1.91. The third-order valence-corrected chi connectivity index (χ3v) is 7.69.